The average molecular weight is 432 g/mol. The van der Waals surface area contributed by atoms with Gasteiger partial charge >= 0.3 is 0 Å². The predicted molar refractivity (Wildman–Crippen MR) is 116 cm³/mol. The molecule has 1 atom stereocenters. The van der Waals surface area contributed by atoms with Crippen LogP contribution in [0.3, 0.4) is 0 Å². The van der Waals surface area contributed by atoms with Crippen LogP contribution in [-0.2, 0) is 16.4 Å². The molecular formula is C22H25NO4S2. The van der Waals surface area contributed by atoms with Gasteiger partial charge in [-0.3, -0.25) is 4.79 Å². The van der Waals surface area contributed by atoms with Gasteiger partial charge in [-0.1, -0.05) is 6.07 Å². The summed E-state index contributed by atoms with van der Waals surface area (Å²) < 4.78 is 30.3. The van der Waals surface area contributed by atoms with Crippen LogP contribution in [0, 0.1) is 27.7 Å². The van der Waals surface area contributed by atoms with Crippen molar-refractivity contribution >= 4 is 38.1 Å². The van der Waals surface area contributed by atoms with Crippen LogP contribution in [0.15, 0.2) is 28.0 Å². The zero-order valence-corrected chi connectivity index (χ0v) is 18.7. The molecule has 1 aliphatic heterocycles. The van der Waals surface area contributed by atoms with Gasteiger partial charge in [-0.05, 0) is 68.3 Å². The molecule has 0 saturated carbocycles. The average Bonchev–Trinajstić information content (AvgIpc) is 3.31. The number of sulfone groups is 1. The molecule has 3 heterocycles. The highest BCUT2D eigenvalue weighted by Gasteiger charge is 2.37. The summed E-state index contributed by atoms with van der Waals surface area (Å²) in [5.41, 5.74) is 4.76. The third-order valence-corrected chi connectivity index (χ3v) is 8.51. The fraction of sp³-hybridized carbons (Fsp3) is 0.409. The third kappa shape index (κ3) is 3.73. The van der Waals surface area contributed by atoms with E-state index in [1.165, 1.54) is 0 Å². The van der Waals surface area contributed by atoms with Gasteiger partial charge in [0.1, 0.15) is 5.58 Å². The van der Waals surface area contributed by atoms with Crippen molar-refractivity contribution in [1.29, 1.82) is 0 Å². The highest BCUT2D eigenvalue weighted by atomic mass is 32.2. The van der Waals surface area contributed by atoms with Gasteiger partial charge in [-0.15, -0.1) is 11.3 Å². The molecule has 1 amide bonds. The molecule has 1 unspecified atom stereocenters. The first-order chi connectivity index (χ1) is 13.7. The zero-order chi connectivity index (χ0) is 20.9. The molecular weight excluding hydrogens is 406 g/mol. The van der Waals surface area contributed by atoms with Gasteiger partial charge in [0, 0.05) is 21.9 Å². The molecule has 1 saturated heterocycles. The minimum Gasteiger partial charge on any atom is -0.450 e. The summed E-state index contributed by atoms with van der Waals surface area (Å²) in [6.45, 7) is 8.31. The lowest BCUT2D eigenvalue weighted by molar-refractivity contribution is 0.0651. The molecule has 0 bridgehead atoms. The maximum atomic E-state index is 13.6. The Bertz CT molecular complexity index is 1200. The molecule has 2 aromatic heterocycles. The van der Waals surface area contributed by atoms with E-state index in [9.17, 15) is 13.2 Å². The highest BCUT2D eigenvalue weighted by Crippen LogP contribution is 2.32. The molecule has 0 N–H and O–H groups in total. The lowest BCUT2D eigenvalue weighted by Crippen LogP contribution is -2.40. The van der Waals surface area contributed by atoms with E-state index >= 15 is 0 Å². The SMILES string of the molecule is Cc1cc(C)c2oc(C(=O)N(Cc3sccc3C)C3CCS(=O)(=O)C3)c(C)c2c1. The van der Waals surface area contributed by atoms with Crippen LogP contribution in [0.25, 0.3) is 11.0 Å². The predicted octanol–water partition coefficient (Wildman–Crippen LogP) is 4.56. The minimum atomic E-state index is -3.11. The Morgan fingerprint density at radius 2 is 1.97 bits per heavy atom. The van der Waals surface area contributed by atoms with E-state index in [1.807, 2.05) is 51.3 Å². The fourth-order valence-electron chi connectivity index (χ4n) is 4.11. The maximum Gasteiger partial charge on any atom is 0.290 e. The van der Waals surface area contributed by atoms with Gasteiger partial charge in [0.05, 0.1) is 18.1 Å². The summed E-state index contributed by atoms with van der Waals surface area (Å²) in [7, 11) is -3.11. The maximum absolute atomic E-state index is 13.6. The number of hydrogen-bond acceptors (Lipinski definition) is 5. The Hall–Kier alpha value is -2.12. The van der Waals surface area contributed by atoms with E-state index in [0.717, 1.165) is 38.1 Å². The first-order valence-electron chi connectivity index (χ1n) is 9.71. The lowest BCUT2D eigenvalue weighted by Gasteiger charge is -2.27. The van der Waals surface area contributed by atoms with Crippen LogP contribution in [0.2, 0.25) is 0 Å². The van der Waals surface area contributed by atoms with Crippen LogP contribution in [-0.4, -0.2) is 36.8 Å². The number of hydrogen-bond donors (Lipinski definition) is 0. The number of thiophene rings is 1. The molecule has 29 heavy (non-hydrogen) atoms. The Morgan fingerprint density at radius 3 is 2.59 bits per heavy atom. The van der Waals surface area contributed by atoms with E-state index in [2.05, 4.69) is 0 Å². The molecule has 154 valence electrons. The zero-order valence-electron chi connectivity index (χ0n) is 17.1. The summed E-state index contributed by atoms with van der Waals surface area (Å²) in [6, 6.07) is 5.76. The van der Waals surface area contributed by atoms with Gasteiger partial charge in [0.2, 0.25) is 0 Å². The molecule has 0 radical (unpaired) electrons. The van der Waals surface area contributed by atoms with Crippen molar-refractivity contribution in [2.75, 3.05) is 11.5 Å². The van der Waals surface area contributed by atoms with Crippen LogP contribution in [0.5, 0.6) is 0 Å². The van der Waals surface area contributed by atoms with Gasteiger partial charge in [-0.25, -0.2) is 8.42 Å². The number of furan rings is 1. The second-order valence-electron chi connectivity index (χ2n) is 8.03. The van der Waals surface area contributed by atoms with E-state index in [0.29, 0.717) is 18.7 Å². The van der Waals surface area contributed by atoms with Gasteiger partial charge < -0.3 is 9.32 Å². The lowest BCUT2D eigenvalue weighted by atomic mass is 10.1. The largest absolute Gasteiger partial charge is 0.450 e. The monoisotopic (exact) mass is 431 g/mol. The summed E-state index contributed by atoms with van der Waals surface area (Å²) in [5.74, 6) is 0.223. The highest BCUT2D eigenvalue weighted by molar-refractivity contribution is 7.91. The summed E-state index contributed by atoms with van der Waals surface area (Å²) in [4.78, 5) is 16.4. The van der Waals surface area contributed by atoms with Crippen molar-refractivity contribution in [1.82, 2.24) is 4.90 Å². The smallest absolute Gasteiger partial charge is 0.290 e. The minimum absolute atomic E-state index is 0.0145. The first-order valence-corrected chi connectivity index (χ1v) is 12.4. The number of carbonyl (C=O) groups is 1. The normalized spacial score (nSPS) is 18.4. The molecule has 0 aliphatic carbocycles. The van der Waals surface area contributed by atoms with Crippen molar-refractivity contribution < 1.29 is 17.6 Å². The number of rotatable bonds is 4. The number of benzene rings is 1. The van der Waals surface area contributed by atoms with Crippen molar-refractivity contribution in [2.45, 2.75) is 46.7 Å². The molecule has 1 aromatic carbocycles. The fourth-order valence-corrected chi connectivity index (χ4v) is 6.75. The molecule has 4 rings (SSSR count). The second kappa shape index (κ2) is 7.29. The van der Waals surface area contributed by atoms with Crippen molar-refractivity contribution in [3.05, 3.63) is 56.5 Å². The van der Waals surface area contributed by atoms with Crippen molar-refractivity contribution in [2.24, 2.45) is 0 Å². The van der Waals surface area contributed by atoms with Crippen molar-refractivity contribution in [3.8, 4) is 0 Å². The molecule has 3 aromatic rings. The Morgan fingerprint density at radius 1 is 1.21 bits per heavy atom. The summed E-state index contributed by atoms with van der Waals surface area (Å²) >= 11 is 1.59. The van der Waals surface area contributed by atoms with Crippen LogP contribution < -0.4 is 0 Å². The number of carbonyl (C=O) groups excluding carboxylic acids is 1. The Labute approximate surface area is 175 Å². The Balaban J connectivity index is 1.77. The van der Waals surface area contributed by atoms with Gasteiger partial charge in [0.25, 0.3) is 5.91 Å². The number of aryl methyl sites for hydroxylation is 4. The molecule has 7 heteroatoms. The quantitative estimate of drug-likeness (QED) is 0.607. The third-order valence-electron chi connectivity index (χ3n) is 5.75. The molecule has 5 nitrogen and oxygen atoms in total. The van der Waals surface area contributed by atoms with Crippen LogP contribution >= 0.6 is 11.3 Å². The number of fused-ring (bicyclic) bond motifs is 1. The number of nitrogens with zero attached hydrogens (tertiary/aromatic N) is 1. The Kier molecular flexibility index (Phi) is 5.07. The molecule has 0 spiro atoms. The van der Waals surface area contributed by atoms with Crippen LogP contribution in [0.4, 0.5) is 0 Å². The number of amides is 1. The van der Waals surface area contributed by atoms with Gasteiger partial charge in [-0.2, -0.15) is 0 Å². The topological polar surface area (TPSA) is 67.6 Å². The van der Waals surface area contributed by atoms with E-state index in [1.54, 1.807) is 16.2 Å². The molecule has 1 fully saturated rings. The van der Waals surface area contributed by atoms with Crippen LogP contribution in [0.1, 0.15) is 44.1 Å². The summed E-state index contributed by atoms with van der Waals surface area (Å²) in [6.07, 6.45) is 0.468. The second-order valence-corrected chi connectivity index (χ2v) is 11.3. The van der Waals surface area contributed by atoms with E-state index in [4.69, 9.17) is 4.42 Å². The van der Waals surface area contributed by atoms with E-state index < -0.39 is 9.84 Å². The standard InChI is InChI=1S/C22H25NO4S2/c1-13-9-15(3)20-18(10-13)16(4)21(27-20)22(24)23(11-19-14(2)5-7-28-19)17-6-8-29(25,26)12-17/h5,7,9-10,17H,6,8,11-12H2,1-4H3. The van der Waals surface area contributed by atoms with Crippen molar-refractivity contribution in [3.63, 3.8) is 0 Å². The van der Waals surface area contributed by atoms with E-state index in [-0.39, 0.29) is 23.5 Å². The molecule has 1 aliphatic rings. The summed E-state index contributed by atoms with van der Waals surface area (Å²) in [5, 5.41) is 2.94. The van der Waals surface area contributed by atoms with Gasteiger partial charge in [0.15, 0.2) is 15.6 Å². The first kappa shape index (κ1) is 20.2.